The summed E-state index contributed by atoms with van der Waals surface area (Å²) in [6.45, 7) is 6.47. The van der Waals surface area contributed by atoms with E-state index < -0.39 is 5.97 Å². The number of carboxylic acids is 1. The molecule has 0 saturated heterocycles. The zero-order chi connectivity index (χ0) is 11.6. The van der Waals surface area contributed by atoms with Crippen LogP contribution in [0.15, 0.2) is 0 Å². The molecule has 5 nitrogen and oxygen atoms in total. The van der Waals surface area contributed by atoms with Crippen molar-refractivity contribution < 1.29 is 19.4 Å². The van der Waals surface area contributed by atoms with Crippen molar-refractivity contribution in [2.75, 3.05) is 13.6 Å². The first-order valence-electron chi connectivity index (χ1n) is 4.31. The van der Waals surface area contributed by atoms with Crippen LogP contribution >= 0.6 is 0 Å². The number of carboxylic acid groups (broad SMARTS) is 1. The molecule has 0 amide bonds. The fraction of sp³-hybridized carbons (Fsp3) is 0.778. The molecule has 0 saturated carbocycles. The molecule has 0 aromatic heterocycles. The van der Waals surface area contributed by atoms with Crippen LogP contribution in [0.5, 0.6) is 0 Å². The Morgan fingerprint density at radius 2 is 2.00 bits per heavy atom. The van der Waals surface area contributed by atoms with Gasteiger partial charge < -0.3 is 15.2 Å². The van der Waals surface area contributed by atoms with Crippen LogP contribution in [0.25, 0.3) is 0 Å². The van der Waals surface area contributed by atoms with Crippen molar-refractivity contribution in [3.8, 4) is 0 Å². The molecule has 0 aromatic rings. The van der Waals surface area contributed by atoms with E-state index in [1.165, 1.54) is 0 Å². The van der Waals surface area contributed by atoms with Gasteiger partial charge in [-0.15, -0.1) is 0 Å². The highest BCUT2D eigenvalue weighted by Crippen LogP contribution is 2.02. The third-order valence-corrected chi connectivity index (χ3v) is 0.991. The molecule has 14 heavy (non-hydrogen) atoms. The molecule has 0 aliphatic heterocycles. The van der Waals surface area contributed by atoms with Gasteiger partial charge in [0.2, 0.25) is 0 Å². The smallest absolute Gasteiger partial charge is 0.304 e. The molecule has 0 heterocycles. The average Bonchev–Trinajstić information content (AvgIpc) is 1.99. The highest BCUT2D eigenvalue weighted by molar-refractivity contribution is 5.66. The van der Waals surface area contributed by atoms with Crippen molar-refractivity contribution in [1.82, 2.24) is 5.32 Å². The lowest BCUT2D eigenvalue weighted by Gasteiger charge is -2.14. The maximum atomic E-state index is 9.72. The van der Waals surface area contributed by atoms with Gasteiger partial charge in [0.05, 0.1) is 6.42 Å². The molecule has 0 bridgehead atoms. The summed E-state index contributed by atoms with van der Waals surface area (Å²) in [5.41, 5.74) is -0.318. The second-order valence-corrected chi connectivity index (χ2v) is 3.57. The normalized spacial score (nSPS) is 9.71. The molecule has 0 aliphatic carbocycles. The quantitative estimate of drug-likeness (QED) is 0.659. The highest BCUT2D eigenvalue weighted by atomic mass is 16.5. The Bertz CT molecular complexity index is 163. The van der Waals surface area contributed by atoms with E-state index in [0.717, 1.165) is 0 Å². The SMILES string of the molecule is CC(C)(C)OC=O.CNCCC(=O)O. The van der Waals surface area contributed by atoms with Crippen LogP contribution in [0.4, 0.5) is 0 Å². The lowest BCUT2D eigenvalue weighted by atomic mass is 10.2. The van der Waals surface area contributed by atoms with Crippen LogP contribution in [0.3, 0.4) is 0 Å². The van der Waals surface area contributed by atoms with Crippen LogP contribution in [-0.4, -0.2) is 36.7 Å². The number of hydrogen-bond acceptors (Lipinski definition) is 4. The van der Waals surface area contributed by atoms with Crippen molar-refractivity contribution in [3.05, 3.63) is 0 Å². The van der Waals surface area contributed by atoms with Gasteiger partial charge in [0, 0.05) is 6.54 Å². The molecular weight excluding hydrogens is 186 g/mol. The maximum absolute atomic E-state index is 9.72. The minimum Gasteiger partial charge on any atom is -0.481 e. The van der Waals surface area contributed by atoms with Gasteiger partial charge in [0.15, 0.2) is 0 Å². The molecular formula is C9H19NO4. The zero-order valence-electron chi connectivity index (χ0n) is 9.16. The van der Waals surface area contributed by atoms with Crippen molar-refractivity contribution in [2.24, 2.45) is 0 Å². The third-order valence-electron chi connectivity index (χ3n) is 0.991. The van der Waals surface area contributed by atoms with E-state index in [9.17, 15) is 9.59 Å². The molecule has 0 radical (unpaired) electrons. The van der Waals surface area contributed by atoms with Gasteiger partial charge in [0.25, 0.3) is 6.47 Å². The van der Waals surface area contributed by atoms with Crippen molar-refractivity contribution >= 4 is 12.4 Å². The first kappa shape index (κ1) is 15.4. The monoisotopic (exact) mass is 205 g/mol. The molecule has 0 spiro atoms. The highest BCUT2D eigenvalue weighted by Gasteiger charge is 2.07. The standard InChI is InChI=1S/C5H10O2.C4H9NO2/c1-5(2,3)7-4-6;1-5-3-2-4(6)7/h4H,1-3H3;5H,2-3H2,1H3,(H,6,7). The van der Waals surface area contributed by atoms with Gasteiger partial charge in [-0.25, -0.2) is 0 Å². The summed E-state index contributed by atoms with van der Waals surface area (Å²) >= 11 is 0. The Balaban J connectivity index is 0. The molecule has 0 aromatic carbocycles. The van der Waals surface area contributed by atoms with E-state index in [4.69, 9.17) is 5.11 Å². The molecule has 2 N–H and O–H groups in total. The number of ether oxygens (including phenoxy) is 1. The summed E-state index contributed by atoms with van der Waals surface area (Å²) in [5, 5.41) is 10.7. The van der Waals surface area contributed by atoms with Crippen LogP contribution in [0, 0.1) is 0 Å². The molecule has 0 aliphatic rings. The Morgan fingerprint density at radius 3 is 2.07 bits per heavy atom. The predicted molar refractivity (Wildman–Crippen MR) is 53.1 cm³/mol. The second kappa shape index (κ2) is 8.50. The van der Waals surface area contributed by atoms with Gasteiger partial charge in [0.1, 0.15) is 5.60 Å². The van der Waals surface area contributed by atoms with E-state index in [1.54, 1.807) is 7.05 Å². The van der Waals surface area contributed by atoms with Crippen LogP contribution in [0.1, 0.15) is 27.2 Å². The third kappa shape index (κ3) is 22.4. The van der Waals surface area contributed by atoms with Gasteiger partial charge in [-0.3, -0.25) is 9.59 Å². The topological polar surface area (TPSA) is 75.6 Å². The lowest BCUT2D eigenvalue weighted by Crippen LogP contribution is -2.17. The van der Waals surface area contributed by atoms with Crippen molar-refractivity contribution in [1.29, 1.82) is 0 Å². The Kier molecular flexibility index (Phi) is 9.33. The number of aliphatic carboxylic acids is 1. The summed E-state index contributed by atoms with van der Waals surface area (Å²) < 4.78 is 4.55. The molecule has 0 rings (SSSR count). The van der Waals surface area contributed by atoms with Crippen LogP contribution in [0.2, 0.25) is 0 Å². The number of hydrogen-bond donors (Lipinski definition) is 2. The molecule has 0 atom stereocenters. The molecule has 0 fully saturated rings. The summed E-state index contributed by atoms with van der Waals surface area (Å²) in [6, 6.07) is 0. The van der Waals surface area contributed by atoms with Crippen LogP contribution in [-0.2, 0) is 14.3 Å². The van der Waals surface area contributed by atoms with Gasteiger partial charge in [-0.2, -0.15) is 0 Å². The number of carbonyl (C=O) groups is 2. The predicted octanol–water partition coefficient (Wildman–Crippen LogP) is 0.638. The molecule has 5 heteroatoms. The number of nitrogens with one attached hydrogen (secondary N) is 1. The van der Waals surface area contributed by atoms with Gasteiger partial charge in [-0.05, 0) is 27.8 Å². The van der Waals surface area contributed by atoms with Gasteiger partial charge in [-0.1, -0.05) is 0 Å². The fourth-order valence-corrected chi connectivity index (χ4v) is 0.376. The van der Waals surface area contributed by atoms with E-state index in [0.29, 0.717) is 13.0 Å². The molecule has 0 unspecified atom stereocenters. The number of carbonyl (C=O) groups excluding carboxylic acids is 1. The maximum Gasteiger partial charge on any atom is 0.304 e. The second-order valence-electron chi connectivity index (χ2n) is 3.57. The first-order chi connectivity index (χ1) is 6.33. The van der Waals surface area contributed by atoms with Crippen molar-refractivity contribution in [2.45, 2.75) is 32.8 Å². The van der Waals surface area contributed by atoms with Crippen molar-refractivity contribution in [3.63, 3.8) is 0 Å². The Labute approximate surface area is 84.4 Å². The van der Waals surface area contributed by atoms with E-state index >= 15 is 0 Å². The average molecular weight is 205 g/mol. The summed E-state index contributed by atoms with van der Waals surface area (Å²) in [7, 11) is 1.73. The Hall–Kier alpha value is -1.10. The fourth-order valence-electron chi connectivity index (χ4n) is 0.376. The van der Waals surface area contributed by atoms with E-state index in [1.807, 2.05) is 20.8 Å². The lowest BCUT2D eigenvalue weighted by molar-refractivity contribution is -0.139. The van der Waals surface area contributed by atoms with E-state index in [-0.39, 0.29) is 12.0 Å². The van der Waals surface area contributed by atoms with Crippen LogP contribution < -0.4 is 5.32 Å². The minimum absolute atomic E-state index is 0.205. The summed E-state index contributed by atoms with van der Waals surface area (Å²) in [4.78, 5) is 19.3. The Morgan fingerprint density at radius 1 is 1.50 bits per heavy atom. The zero-order valence-corrected chi connectivity index (χ0v) is 9.16. The minimum atomic E-state index is -0.755. The summed E-state index contributed by atoms with van der Waals surface area (Å²) in [5.74, 6) is -0.755. The molecule has 84 valence electrons. The number of rotatable bonds is 4. The van der Waals surface area contributed by atoms with Gasteiger partial charge >= 0.3 is 5.97 Å². The summed E-state index contributed by atoms with van der Waals surface area (Å²) in [6.07, 6.45) is 0.205. The largest absolute Gasteiger partial charge is 0.481 e. The first-order valence-corrected chi connectivity index (χ1v) is 4.31. The van der Waals surface area contributed by atoms with E-state index in [2.05, 4.69) is 10.1 Å².